The zero-order valence-corrected chi connectivity index (χ0v) is 22.6. The van der Waals surface area contributed by atoms with E-state index in [1.807, 2.05) is 61.5 Å². The lowest BCUT2D eigenvalue weighted by Gasteiger charge is -2.08. The van der Waals surface area contributed by atoms with E-state index in [0.29, 0.717) is 0 Å². The first-order chi connectivity index (χ1) is 17.4. The van der Waals surface area contributed by atoms with Gasteiger partial charge in [0.25, 0.3) is 0 Å². The molecule has 0 spiro atoms. The fourth-order valence-electron chi connectivity index (χ4n) is 4.77. The number of hydrogen-bond acceptors (Lipinski definition) is 4. The molecule has 180 valence electrons. The van der Waals surface area contributed by atoms with Crippen LogP contribution in [-0.4, -0.2) is 0 Å². The van der Waals surface area contributed by atoms with Crippen LogP contribution in [0.15, 0.2) is 82.4 Å². The van der Waals surface area contributed by atoms with Gasteiger partial charge in [-0.1, -0.05) is 55.8 Å². The predicted octanol–water partition coefficient (Wildman–Crippen LogP) is 8.57. The van der Waals surface area contributed by atoms with E-state index in [2.05, 4.69) is 39.0 Å². The molecule has 0 fully saturated rings. The van der Waals surface area contributed by atoms with Crippen molar-refractivity contribution in [3.63, 3.8) is 0 Å². The van der Waals surface area contributed by atoms with Crippen LogP contribution in [0.2, 0.25) is 0 Å². The van der Waals surface area contributed by atoms with E-state index in [4.69, 9.17) is 0 Å². The normalized spacial score (nSPS) is 11.2. The Labute approximate surface area is 218 Å². The molecule has 4 aromatic carbocycles. The first kappa shape index (κ1) is 24.4. The van der Waals surface area contributed by atoms with Gasteiger partial charge in [-0.2, -0.15) is 0 Å². The average molecular weight is 509 g/mol. The van der Waals surface area contributed by atoms with Gasteiger partial charge in [0.15, 0.2) is 10.9 Å². The molecule has 0 aliphatic heterocycles. The summed E-state index contributed by atoms with van der Waals surface area (Å²) in [7, 11) is 0. The summed E-state index contributed by atoms with van der Waals surface area (Å²) >= 11 is 3.44. The highest BCUT2D eigenvalue weighted by Crippen LogP contribution is 2.29. The standard InChI is InChI=1S/C17H16OS.C15H12OS/c1-3-11-9-12(4-2)17-14(10-11)16(18)13-7-5-6-8-15(13)19-17;1-9-7-10(2)15-12(8-9)14(16)11-5-3-4-6-13(11)17-15/h5-10H,3-4H2,1-2H3;3-8H,1-2H3. The summed E-state index contributed by atoms with van der Waals surface area (Å²) in [4.78, 5) is 25.0. The molecule has 2 heterocycles. The lowest BCUT2D eigenvalue weighted by molar-refractivity contribution is 1.10. The smallest absolute Gasteiger partial charge is 0.195 e. The van der Waals surface area contributed by atoms with Crippen molar-refractivity contribution in [2.45, 2.75) is 40.5 Å². The lowest BCUT2D eigenvalue weighted by Crippen LogP contribution is -2.03. The molecule has 0 bridgehead atoms. The van der Waals surface area contributed by atoms with E-state index in [1.54, 1.807) is 22.7 Å². The molecule has 2 aromatic heterocycles. The van der Waals surface area contributed by atoms with Crippen molar-refractivity contribution in [1.29, 1.82) is 0 Å². The Morgan fingerprint density at radius 3 is 1.75 bits per heavy atom. The molecular formula is C32H28O2S2. The van der Waals surface area contributed by atoms with Crippen LogP contribution in [0.3, 0.4) is 0 Å². The molecule has 4 heteroatoms. The van der Waals surface area contributed by atoms with E-state index >= 15 is 0 Å². The number of rotatable bonds is 2. The number of aryl methyl sites for hydroxylation is 4. The highest BCUT2D eigenvalue weighted by atomic mass is 32.1. The van der Waals surface area contributed by atoms with Gasteiger partial charge in [0.1, 0.15) is 0 Å². The van der Waals surface area contributed by atoms with Crippen LogP contribution in [-0.2, 0) is 12.8 Å². The minimum Gasteiger partial charge on any atom is -0.289 e. The molecule has 0 aliphatic rings. The lowest BCUT2D eigenvalue weighted by atomic mass is 10.0. The maximum Gasteiger partial charge on any atom is 0.195 e. The summed E-state index contributed by atoms with van der Waals surface area (Å²) in [5.41, 5.74) is 5.21. The molecule has 0 atom stereocenters. The number of hydrogen-bond donors (Lipinski definition) is 0. The minimum atomic E-state index is 0.154. The predicted molar refractivity (Wildman–Crippen MR) is 159 cm³/mol. The molecule has 0 unspecified atom stereocenters. The fraction of sp³-hybridized carbons (Fsp3) is 0.188. The van der Waals surface area contributed by atoms with Crippen LogP contribution in [0, 0.1) is 13.8 Å². The van der Waals surface area contributed by atoms with E-state index < -0.39 is 0 Å². The number of fused-ring (bicyclic) bond motifs is 4. The van der Waals surface area contributed by atoms with Crippen molar-refractivity contribution in [3.8, 4) is 0 Å². The van der Waals surface area contributed by atoms with Crippen molar-refractivity contribution < 1.29 is 0 Å². The van der Waals surface area contributed by atoms with Crippen molar-refractivity contribution in [2.24, 2.45) is 0 Å². The zero-order chi connectivity index (χ0) is 25.4. The zero-order valence-electron chi connectivity index (χ0n) is 21.0. The second kappa shape index (κ2) is 9.96. The Kier molecular flexibility index (Phi) is 6.74. The first-order valence-electron chi connectivity index (χ1n) is 12.3. The molecule has 0 radical (unpaired) electrons. The molecule has 6 aromatic rings. The summed E-state index contributed by atoms with van der Waals surface area (Å²) in [6.45, 7) is 8.39. The summed E-state index contributed by atoms with van der Waals surface area (Å²) in [6.07, 6.45) is 1.94. The molecule has 2 nitrogen and oxygen atoms in total. The molecule has 0 saturated heterocycles. The highest BCUT2D eigenvalue weighted by Gasteiger charge is 2.10. The van der Waals surface area contributed by atoms with Crippen LogP contribution in [0.1, 0.15) is 36.1 Å². The third kappa shape index (κ3) is 4.36. The van der Waals surface area contributed by atoms with Crippen LogP contribution in [0.25, 0.3) is 40.3 Å². The van der Waals surface area contributed by atoms with Gasteiger partial charge in [-0.25, -0.2) is 0 Å². The Morgan fingerprint density at radius 1 is 0.611 bits per heavy atom. The molecule has 6 rings (SSSR count). The third-order valence-corrected chi connectivity index (χ3v) is 9.19. The molecule has 0 amide bonds. The summed E-state index contributed by atoms with van der Waals surface area (Å²) in [5, 5.41) is 3.41. The van der Waals surface area contributed by atoms with Gasteiger partial charge in [0.2, 0.25) is 0 Å². The second-order valence-corrected chi connectivity index (χ2v) is 11.3. The summed E-state index contributed by atoms with van der Waals surface area (Å²) in [5.74, 6) is 0. The Hall–Kier alpha value is -3.34. The van der Waals surface area contributed by atoms with Gasteiger partial charge < -0.3 is 0 Å². The minimum absolute atomic E-state index is 0.154. The maximum atomic E-state index is 12.6. The van der Waals surface area contributed by atoms with Crippen LogP contribution >= 0.6 is 22.7 Å². The van der Waals surface area contributed by atoms with Gasteiger partial charge >= 0.3 is 0 Å². The maximum absolute atomic E-state index is 12.6. The molecular weight excluding hydrogens is 480 g/mol. The average Bonchev–Trinajstić information content (AvgIpc) is 2.90. The largest absolute Gasteiger partial charge is 0.289 e. The van der Waals surface area contributed by atoms with Gasteiger partial charge in [-0.3, -0.25) is 9.59 Å². The van der Waals surface area contributed by atoms with Crippen molar-refractivity contribution in [1.82, 2.24) is 0 Å². The van der Waals surface area contributed by atoms with Crippen molar-refractivity contribution in [2.75, 3.05) is 0 Å². The third-order valence-electron chi connectivity index (χ3n) is 6.61. The molecule has 0 saturated carbocycles. The quantitative estimate of drug-likeness (QED) is 0.220. The van der Waals surface area contributed by atoms with Crippen molar-refractivity contribution >= 4 is 63.0 Å². The van der Waals surface area contributed by atoms with Gasteiger partial charge in [-0.05, 0) is 79.8 Å². The Morgan fingerprint density at radius 2 is 1.17 bits per heavy atom. The fourth-order valence-corrected chi connectivity index (χ4v) is 7.12. The van der Waals surface area contributed by atoms with E-state index in [0.717, 1.165) is 58.7 Å². The van der Waals surface area contributed by atoms with Gasteiger partial charge in [-0.15, -0.1) is 22.7 Å². The van der Waals surface area contributed by atoms with Crippen LogP contribution in [0.4, 0.5) is 0 Å². The molecule has 36 heavy (non-hydrogen) atoms. The summed E-state index contributed by atoms with van der Waals surface area (Å²) < 4.78 is 4.42. The Balaban J connectivity index is 0.000000149. The topological polar surface area (TPSA) is 34.1 Å². The van der Waals surface area contributed by atoms with E-state index in [1.165, 1.54) is 16.7 Å². The molecule has 0 aliphatic carbocycles. The first-order valence-corrected chi connectivity index (χ1v) is 13.9. The van der Waals surface area contributed by atoms with Crippen molar-refractivity contribution in [3.05, 3.63) is 115 Å². The van der Waals surface area contributed by atoms with E-state index in [9.17, 15) is 9.59 Å². The molecule has 0 N–H and O–H groups in total. The highest BCUT2D eigenvalue weighted by molar-refractivity contribution is 7.25. The SMILES string of the molecule is CCc1cc(CC)c2sc3ccccc3c(=O)c2c1.Cc1cc(C)c2sc3ccccc3c(=O)c2c1. The number of benzene rings is 4. The van der Waals surface area contributed by atoms with Crippen LogP contribution < -0.4 is 10.9 Å². The van der Waals surface area contributed by atoms with Gasteiger partial charge in [0.05, 0.1) is 0 Å². The summed E-state index contributed by atoms with van der Waals surface area (Å²) in [6, 6.07) is 24.2. The van der Waals surface area contributed by atoms with E-state index in [-0.39, 0.29) is 10.9 Å². The van der Waals surface area contributed by atoms with Crippen LogP contribution in [0.5, 0.6) is 0 Å². The van der Waals surface area contributed by atoms with Gasteiger partial charge in [0, 0.05) is 40.3 Å². The second-order valence-electron chi connectivity index (χ2n) is 9.15. The Bertz CT molecular complexity index is 1880. The monoisotopic (exact) mass is 508 g/mol.